The van der Waals surface area contributed by atoms with E-state index in [1.54, 1.807) is 12.1 Å². The monoisotopic (exact) mass is 527 g/mol. The third kappa shape index (κ3) is 7.18. The number of ether oxygens (including phenoxy) is 1. The van der Waals surface area contributed by atoms with Gasteiger partial charge in [-0.05, 0) is 55.7 Å². The van der Waals surface area contributed by atoms with Gasteiger partial charge in [0.2, 0.25) is 0 Å². The highest BCUT2D eigenvalue weighted by atomic mass is 35.5. The second-order valence-electron chi connectivity index (χ2n) is 7.34. The SMILES string of the molecule is CCN(C)C=Nc1cc(C)c(Cc2nc(-c3ccc(Cl)cc3)c(C(=O)OC)s2)cc1C.Cl.Cl. The lowest BCUT2D eigenvalue weighted by Crippen LogP contribution is -2.14. The van der Waals surface area contributed by atoms with Crippen LogP contribution in [-0.4, -0.2) is 42.9 Å². The Balaban J connectivity index is 0.00000272. The molecule has 0 bridgehead atoms. The second kappa shape index (κ2) is 12.9. The molecule has 3 aromatic rings. The number of rotatable bonds is 7. The Hall–Kier alpha value is -2.12. The molecular weight excluding hydrogens is 501 g/mol. The zero-order valence-corrected chi connectivity index (χ0v) is 22.4. The Bertz CT molecular complexity index is 1110. The minimum Gasteiger partial charge on any atom is -0.465 e. The highest BCUT2D eigenvalue weighted by Crippen LogP contribution is 2.32. The molecule has 0 saturated carbocycles. The number of aryl methyl sites for hydroxylation is 2. The molecule has 9 heteroatoms. The van der Waals surface area contributed by atoms with Gasteiger partial charge in [0, 0.05) is 30.6 Å². The number of halogens is 3. The molecule has 0 N–H and O–H groups in total. The summed E-state index contributed by atoms with van der Waals surface area (Å²) in [6.07, 6.45) is 2.48. The lowest BCUT2D eigenvalue weighted by Gasteiger charge is -2.11. The highest BCUT2D eigenvalue weighted by Gasteiger charge is 2.20. The average Bonchev–Trinajstić information content (AvgIpc) is 3.18. The van der Waals surface area contributed by atoms with Crippen LogP contribution in [0.3, 0.4) is 0 Å². The van der Waals surface area contributed by atoms with E-state index in [9.17, 15) is 4.79 Å². The van der Waals surface area contributed by atoms with Crippen LogP contribution in [0.15, 0.2) is 41.4 Å². The summed E-state index contributed by atoms with van der Waals surface area (Å²) in [5, 5.41) is 1.49. The molecule has 1 heterocycles. The van der Waals surface area contributed by atoms with Crippen LogP contribution >= 0.6 is 47.8 Å². The molecule has 3 rings (SSSR count). The number of nitrogens with zero attached hydrogens (tertiary/aromatic N) is 3. The fraction of sp³-hybridized carbons (Fsp3) is 0.292. The second-order valence-corrected chi connectivity index (χ2v) is 8.86. The molecule has 0 radical (unpaired) electrons. The van der Waals surface area contributed by atoms with Crippen LogP contribution in [0.4, 0.5) is 5.69 Å². The average molecular weight is 529 g/mol. The van der Waals surface area contributed by atoms with Crippen LogP contribution in [0.1, 0.15) is 38.3 Å². The molecule has 0 unspecified atom stereocenters. The lowest BCUT2D eigenvalue weighted by atomic mass is 10.0. The molecule has 0 amide bonds. The summed E-state index contributed by atoms with van der Waals surface area (Å²) < 4.78 is 4.99. The first-order valence-electron chi connectivity index (χ1n) is 10.0. The van der Waals surface area contributed by atoms with Gasteiger partial charge in [0.05, 0.1) is 29.8 Å². The van der Waals surface area contributed by atoms with Crippen LogP contribution in [0.2, 0.25) is 5.02 Å². The summed E-state index contributed by atoms with van der Waals surface area (Å²) in [5.41, 5.74) is 5.82. The quantitative estimate of drug-likeness (QED) is 0.190. The number of hydrogen-bond donors (Lipinski definition) is 0. The summed E-state index contributed by atoms with van der Waals surface area (Å²) in [6, 6.07) is 11.6. The van der Waals surface area contributed by atoms with Crippen molar-refractivity contribution in [2.24, 2.45) is 4.99 Å². The van der Waals surface area contributed by atoms with Gasteiger partial charge in [-0.25, -0.2) is 14.8 Å². The third-order valence-corrected chi connectivity index (χ3v) is 6.34. The standard InChI is InChI=1S/C24H26ClN3O2S.2ClH/c1-6-28(4)14-26-20-12-15(2)18(11-16(20)3)13-21-27-22(23(31-21)24(29)30-5)17-7-9-19(25)10-8-17;;/h7-12,14H,6,13H2,1-5H3;2*1H. The Morgan fingerprint density at radius 3 is 2.45 bits per heavy atom. The van der Waals surface area contributed by atoms with E-state index in [1.807, 2.05) is 30.4 Å². The zero-order valence-electron chi connectivity index (χ0n) is 19.2. The number of methoxy groups -OCH3 is 1. The van der Waals surface area contributed by atoms with E-state index in [0.29, 0.717) is 22.0 Å². The van der Waals surface area contributed by atoms with Crippen molar-refractivity contribution < 1.29 is 9.53 Å². The molecule has 0 aliphatic carbocycles. The van der Waals surface area contributed by atoms with Gasteiger partial charge in [0.1, 0.15) is 4.88 Å². The third-order valence-electron chi connectivity index (χ3n) is 5.05. The van der Waals surface area contributed by atoms with E-state index in [2.05, 4.69) is 37.9 Å². The van der Waals surface area contributed by atoms with Crippen LogP contribution < -0.4 is 0 Å². The highest BCUT2D eigenvalue weighted by molar-refractivity contribution is 7.14. The fourth-order valence-electron chi connectivity index (χ4n) is 3.07. The van der Waals surface area contributed by atoms with Crippen molar-refractivity contribution in [3.05, 3.63) is 68.0 Å². The smallest absolute Gasteiger partial charge is 0.350 e. The van der Waals surface area contributed by atoms with Gasteiger partial charge in [-0.2, -0.15) is 0 Å². The van der Waals surface area contributed by atoms with Gasteiger partial charge in [0.15, 0.2) is 0 Å². The number of aliphatic imine (C=N–C) groups is 1. The molecule has 0 atom stereocenters. The van der Waals surface area contributed by atoms with E-state index >= 15 is 0 Å². The van der Waals surface area contributed by atoms with Crippen molar-refractivity contribution in [1.82, 2.24) is 9.88 Å². The maximum absolute atomic E-state index is 12.4. The van der Waals surface area contributed by atoms with Crippen molar-refractivity contribution in [2.75, 3.05) is 20.7 Å². The molecule has 0 spiro atoms. The van der Waals surface area contributed by atoms with Gasteiger partial charge in [-0.15, -0.1) is 36.2 Å². The number of carbonyl (C=O) groups is 1. The van der Waals surface area contributed by atoms with Crippen LogP contribution in [0.25, 0.3) is 11.3 Å². The molecule has 33 heavy (non-hydrogen) atoms. The minimum atomic E-state index is -0.383. The molecule has 0 fully saturated rings. The predicted molar refractivity (Wildman–Crippen MR) is 144 cm³/mol. The molecule has 1 aromatic heterocycles. The molecule has 178 valence electrons. The molecule has 0 aliphatic heterocycles. The lowest BCUT2D eigenvalue weighted by molar-refractivity contribution is 0.0607. The van der Waals surface area contributed by atoms with E-state index in [0.717, 1.165) is 39.5 Å². The summed E-state index contributed by atoms with van der Waals surface area (Å²) in [5.74, 6) is -0.383. The van der Waals surface area contributed by atoms with Crippen LogP contribution in [0.5, 0.6) is 0 Å². The largest absolute Gasteiger partial charge is 0.465 e. The minimum absolute atomic E-state index is 0. The van der Waals surface area contributed by atoms with E-state index in [4.69, 9.17) is 21.3 Å². The van der Waals surface area contributed by atoms with Gasteiger partial charge < -0.3 is 9.64 Å². The number of thiazole rings is 1. The van der Waals surface area contributed by atoms with Gasteiger partial charge in [-0.3, -0.25) is 0 Å². The van der Waals surface area contributed by atoms with Crippen molar-refractivity contribution in [3.63, 3.8) is 0 Å². The predicted octanol–water partition coefficient (Wildman–Crippen LogP) is 6.91. The van der Waals surface area contributed by atoms with Crippen molar-refractivity contribution in [1.29, 1.82) is 0 Å². The topological polar surface area (TPSA) is 54.8 Å². The Kier molecular flexibility index (Phi) is 11.3. The maximum Gasteiger partial charge on any atom is 0.350 e. The van der Waals surface area contributed by atoms with E-state index < -0.39 is 0 Å². The van der Waals surface area contributed by atoms with Crippen LogP contribution in [0, 0.1) is 13.8 Å². The first kappa shape index (κ1) is 28.9. The number of aromatic nitrogens is 1. The normalized spacial score (nSPS) is 10.5. The zero-order chi connectivity index (χ0) is 22.5. The Morgan fingerprint density at radius 2 is 1.85 bits per heavy atom. The molecule has 0 aliphatic rings. The Labute approximate surface area is 216 Å². The number of hydrogen-bond acceptors (Lipinski definition) is 5. The van der Waals surface area contributed by atoms with Crippen LogP contribution in [-0.2, 0) is 11.2 Å². The first-order valence-corrected chi connectivity index (χ1v) is 11.2. The molecule has 0 saturated heterocycles. The summed E-state index contributed by atoms with van der Waals surface area (Å²) in [7, 11) is 3.38. The summed E-state index contributed by atoms with van der Waals surface area (Å²) in [4.78, 5) is 24.3. The van der Waals surface area contributed by atoms with Gasteiger partial charge in [0.25, 0.3) is 0 Å². The van der Waals surface area contributed by atoms with E-state index in [1.165, 1.54) is 18.4 Å². The number of benzene rings is 2. The van der Waals surface area contributed by atoms with Crippen molar-refractivity contribution >= 4 is 65.7 Å². The maximum atomic E-state index is 12.4. The summed E-state index contributed by atoms with van der Waals surface area (Å²) in [6.45, 7) is 7.12. The van der Waals surface area contributed by atoms with Crippen molar-refractivity contribution in [2.45, 2.75) is 27.2 Å². The Morgan fingerprint density at radius 1 is 1.18 bits per heavy atom. The summed E-state index contributed by atoms with van der Waals surface area (Å²) >= 11 is 7.38. The van der Waals surface area contributed by atoms with Gasteiger partial charge >= 0.3 is 5.97 Å². The molecule has 5 nitrogen and oxygen atoms in total. The van der Waals surface area contributed by atoms with Gasteiger partial charge in [-0.1, -0.05) is 29.8 Å². The van der Waals surface area contributed by atoms with Crippen molar-refractivity contribution in [3.8, 4) is 11.3 Å². The fourth-order valence-corrected chi connectivity index (χ4v) is 4.22. The molecule has 2 aromatic carbocycles. The van der Waals surface area contributed by atoms with E-state index in [-0.39, 0.29) is 30.8 Å². The number of esters is 1. The number of carbonyl (C=O) groups excluding carboxylic acids is 1. The first-order chi connectivity index (χ1) is 14.8. The molecular formula is C24H28Cl3N3O2S.